The Bertz CT molecular complexity index is 438. The molecule has 0 spiro atoms. The summed E-state index contributed by atoms with van der Waals surface area (Å²) in [4.78, 5) is 13.7. The number of carbonyl (C=O) groups excluding carboxylic acids is 1. The Hall–Kier alpha value is -1.51. The first-order chi connectivity index (χ1) is 8.74. The Labute approximate surface area is 109 Å². The van der Waals surface area contributed by atoms with E-state index in [-0.39, 0.29) is 12.5 Å². The zero-order chi connectivity index (χ0) is 13.1. The van der Waals surface area contributed by atoms with Gasteiger partial charge in [-0.3, -0.25) is 4.79 Å². The highest BCUT2D eigenvalue weighted by Crippen LogP contribution is 2.37. The maximum Gasteiger partial charge on any atom is 0.265 e. The summed E-state index contributed by atoms with van der Waals surface area (Å²) in [6, 6.07) is 6.02. The second-order valence-corrected chi connectivity index (χ2v) is 4.71. The van der Waals surface area contributed by atoms with Crippen molar-refractivity contribution in [1.82, 2.24) is 0 Å². The van der Waals surface area contributed by atoms with E-state index in [4.69, 9.17) is 4.74 Å². The summed E-state index contributed by atoms with van der Waals surface area (Å²) in [6.07, 6.45) is 2.51. The number of aryl methyl sites for hydroxylation is 1. The van der Waals surface area contributed by atoms with Crippen LogP contribution in [0.2, 0.25) is 0 Å². The second-order valence-electron chi connectivity index (χ2n) is 4.71. The van der Waals surface area contributed by atoms with Crippen molar-refractivity contribution in [3.63, 3.8) is 0 Å². The normalized spacial score (nSPS) is 17.5. The van der Waals surface area contributed by atoms with Crippen LogP contribution in [0.15, 0.2) is 18.2 Å². The smallest absolute Gasteiger partial charge is 0.265 e. The van der Waals surface area contributed by atoms with Gasteiger partial charge in [-0.2, -0.15) is 0 Å². The van der Waals surface area contributed by atoms with Crippen LogP contribution in [-0.2, 0) is 4.79 Å². The molecule has 2 aliphatic rings. The van der Waals surface area contributed by atoms with Gasteiger partial charge >= 0.3 is 0 Å². The Balaban J connectivity index is 0.000000574. The van der Waals surface area contributed by atoms with E-state index in [1.54, 1.807) is 0 Å². The standard InChI is InChI=1S/C13H15NO2.C2H6/c1-9-2-5-11-12(6-9)16-8-13(15)14(11)7-10-3-4-10;1-2/h2,5-6,10H,3-4,7-8H2,1H3;1-2H3. The van der Waals surface area contributed by atoms with Gasteiger partial charge < -0.3 is 9.64 Å². The number of hydrogen-bond acceptors (Lipinski definition) is 2. The summed E-state index contributed by atoms with van der Waals surface area (Å²) >= 11 is 0. The quantitative estimate of drug-likeness (QED) is 0.803. The molecule has 98 valence electrons. The molecule has 1 aliphatic carbocycles. The van der Waals surface area contributed by atoms with E-state index < -0.39 is 0 Å². The van der Waals surface area contributed by atoms with Crippen LogP contribution in [0.3, 0.4) is 0 Å². The highest BCUT2D eigenvalue weighted by molar-refractivity contribution is 5.97. The molecule has 0 N–H and O–H groups in total. The van der Waals surface area contributed by atoms with Crippen LogP contribution >= 0.6 is 0 Å². The first kappa shape index (κ1) is 12.9. The molecule has 1 heterocycles. The SMILES string of the molecule is CC.Cc1ccc2c(c1)OCC(=O)N2CC1CC1. The summed E-state index contributed by atoms with van der Waals surface area (Å²) in [6.45, 7) is 7.08. The molecule has 0 aromatic heterocycles. The number of anilines is 1. The van der Waals surface area contributed by atoms with Crippen LogP contribution in [0.4, 0.5) is 5.69 Å². The zero-order valence-corrected chi connectivity index (χ0v) is 11.4. The van der Waals surface area contributed by atoms with Gasteiger partial charge in [0.15, 0.2) is 6.61 Å². The molecule has 0 bridgehead atoms. The van der Waals surface area contributed by atoms with Gasteiger partial charge in [0.25, 0.3) is 5.91 Å². The summed E-state index contributed by atoms with van der Waals surface area (Å²) < 4.78 is 5.46. The van der Waals surface area contributed by atoms with E-state index in [9.17, 15) is 4.79 Å². The number of amides is 1. The lowest BCUT2D eigenvalue weighted by atomic mass is 10.1. The summed E-state index contributed by atoms with van der Waals surface area (Å²) in [7, 11) is 0. The fourth-order valence-electron chi connectivity index (χ4n) is 2.07. The maximum atomic E-state index is 11.8. The minimum absolute atomic E-state index is 0.0863. The van der Waals surface area contributed by atoms with Crippen LogP contribution in [-0.4, -0.2) is 19.1 Å². The molecule has 18 heavy (non-hydrogen) atoms. The molecule has 3 rings (SSSR count). The van der Waals surface area contributed by atoms with E-state index in [1.807, 2.05) is 43.9 Å². The predicted molar refractivity (Wildman–Crippen MR) is 73.1 cm³/mol. The van der Waals surface area contributed by atoms with Crippen molar-refractivity contribution < 1.29 is 9.53 Å². The first-order valence-corrected chi connectivity index (χ1v) is 6.78. The monoisotopic (exact) mass is 247 g/mol. The van der Waals surface area contributed by atoms with Crippen molar-refractivity contribution in [1.29, 1.82) is 0 Å². The van der Waals surface area contributed by atoms with E-state index in [0.717, 1.165) is 18.0 Å². The molecule has 0 radical (unpaired) electrons. The van der Waals surface area contributed by atoms with E-state index >= 15 is 0 Å². The average Bonchev–Trinajstić information content (AvgIpc) is 3.19. The third-order valence-corrected chi connectivity index (χ3v) is 3.20. The topological polar surface area (TPSA) is 29.5 Å². The molecular weight excluding hydrogens is 226 g/mol. The van der Waals surface area contributed by atoms with Crippen molar-refractivity contribution in [3.05, 3.63) is 23.8 Å². The molecule has 1 fully saturated rings. The number of benzene rings is 1. The van der Waals surface area contributed by atoms with Crippen LogP contribution in [0, 0.1) is 12.8 Å². The van der Waals surface area contributed by atoms with Gasteiger partial charge in [-0.15, -0.1) is 0 Å². The third-order valence-electron chi connectivity index (χ3n) is 3.20. The number of carbonyl (C=O) groups is 1. The average molecular weight is 247 g/mol. The second kappa shape index (κ2) is 5.42. The minimum Gasteiger partial charge on any atom is -0.482 e. The van der Waals surface area contributed by atoms with Gasteiger partial charge in [-0.1, -0.05) is 19.9 Å². The molecule has 1 saturated carbocycles. The summed E-state index contributed by atoms with van der Waals surface area (Å²) in [5.74, 6) is 1.64. The first-order valence-electron chi connectivity index (χ1n) is 6.78. The number of ether oxygens (including phenoxy) is 1. The summed E-state index contributed by atoms with van der Waals surface area (Å²) in [5.41, 5.74) is 2.10. The van der Waals surface area contributed by atoms with Gasteiger partial charge in [-0.05, 0) is 43.4 Å². The van der Waals surface area contributed by atoms with Gasteiger partial charge in [0.1, 0.15) is 5.75 Å². The fourth-order valence-corrected chi connectivity index (χ4v) is 2.07. The van der Waals surface area contributed by atoms with E-state index in [1.165, 1.54) is 18.4 Å². The predicted octanol–water partition coefficient (Wildman–Crippen LogP) is 3.16. The highest BCUT2D eigenvalue weighted by Gasteiger charge is 2.31. The summed E-state index contributed by atoms with van der Waals surface area (Å²) in [5, 5.41) is 0. The molecule has 3 nitrogen and oxygen atoms in total. The minimum atomic E-state index is 0.0863. The largest absolute Gasteiger partial charge is 0.482 e. The molecular formula is C15H21NO2. The third kappa shape index (κ3) is 2.66. The Morgan fingerprint density at radius 2 is 2.06 bits per heavy atom. The molecule has 1 amide bonds. The van der Waals surface area contributed by atoms with Gasteiger partial charge in [-0.25, -0.2) is 0 Å². The van der Waals surface area contributed by atoms with Crippen molar-refractivity contribution in [3.8, 4) is 5.75 Å². The molecule has 0 unspecified atom stereocenters. The van der Waals surface area contributed by atoms with Crippen LogP contribution in [0.1, 0.15) is 32.3 Å². The van der Waals surface area contributed by atoms with Crippen molar-refractivity contribution in [2.75, 3.05) is 18.1 Å². The van der Waals surface area contributed by atoms with Crippen LogP contribution in [0.5, 0.6) is 5.75 Å². The van der Waals surface area contributed by atoms with Gasteiger partial charge in [0.2, 0.25) is 0 Å². The number of rotatable bonds is 2. The number of hydrogen-bond donors (Lipinski definition) is 0. The van der Waals surface area contributed by atoms with Crippen LogP contribution < -0.4 is 9.64 Å². The molecule has 1 aromatic rings. The lowest BCUT2D eigenvalue weighted by Crippen LogP contribution is -2.40. The van der Waals surface area contributed by atoms with Crippen LogP contribution in [0.25, 0.3) is 0 Å². The van der Waals surface area contributed by atoms with E-state index in [2.05, 4.69) is 0 Å². The van der Waals surface area contributed by atoms with Gasteiger partial charge in [0, 0.05) is 6.54 Å². The van der Waals surface area contributed by atoms with Crippen molar-refractivity contribution >= 4 is 11.6 Å². The number of nitrogens with zero attached hydrogens (tertiary/aromatic N) is 1. The molecule has 1 aliphatic heterocycles. The lowest BCUT2D eigenvalue weighted by Gasteiger charge is -2.29. The van der Waals surface area contributed by atoms with E-state index in [0.29, 0.717) is 5.92 Å². The molecule has 0 saturated heterocycles. The Morgan fingerprint density at radius 3 is 2.72 bits per heavy atom. The van der Waals surface area contributed by atoms with Gasteiger partial charge in [0.05, 0.1) is 5.69 Å². The molecule has 3 heteroatoms. The van der Waals surface area contributed by atoms with Crippen molar-refractivity contribution in [2.45, 2.75) is 33.6 Å². The number of fused-ring (bicyclic) bond motifs is 1. The zero-order valence-electron chi connectivity index (χ0n) is 11.4. The Kier molecular flexibility index (Phi) is 3.90. The lowest BCUT2D eigenvalue weighted by molar-refractivity contribution is -0.121. The maximum absolute atomic E-state index is 11.8. The molecule has 1 aromatic carbocycles. The van der Waals surface area contributed by atoms with Crippen molar-refractivity contribution in [2.24, 2.45) is 5.92 Å². The fraction of sp³-hybridized carbons (Fsp3) is 0.533. The Morgan fingerprint density at radius 1 is 1.33 bits per heavy atom. The highest BCUT2D eigenvalue weighted by atomic mass is 16.5. The molecule has 0 atom stereocenters.